The van der Waals surface area contributed by atoms with E-state index in [1.807, 2.05) is 43.3 Å². The number of hydrogen-bond acceptors (Lipinski definition) is 6. The second-order valence-electron chi connectivity index (χ2n) is 9.17. The van der Waals surface area contributed by atoms with Crippen molar-refractivity contribution in [2.24, 2.45) is 5.41 Å². The van der Waals surface area contributed by atoms with Gasteiger partial charge in [0.05, 0.1) is 11.6 Å². The van der Waals surface area contributed by atoms with Crippen molar-refractivity contribution in [3.63, 3.8) is 0 Å². The van der Waals surface area contributed by atoms with Gasteiger partial charge in [0.1, 0.15) is 6.10 Å². The number of benzene rings is 2. The van der Waals surface area contributed by atoms with Crippen LogP contribution >= 0.6 is 0 Å². The van der Waals surface area contributed by atoms with Crippen molar-refractivity contribution in [2.45, 2.75) is 51.2 Å². The van der Waals surface area contributed by atoms with Crippen LogP contribution in [0.4, 0.5) is 0 Å². The fraction of sp³-hybridized carbons (Fsp3) is 0.370. The van der Waals surface area contributed by atoms with Gasteiger partial charge >= 0.3 is 0 Å². The highest BCUT2D eigenvalue weighted by Gasteiger charge is 2.46. The van der Waals surface area contributed by atoms with E-state index in [2.05, 4.69) is 10.5 Å². The minimum Gasteiger partial charge on any atom is -0.381 e. The minimum atomic E-state index is -0.692. The summed E-state index contributed by atoms with van der Waals surface area (Å²) in [5.41, 5.74) is 6.63. The summed E-state index contributed by atoms with van der Waals surface area (Å²) in [5.74, 6) is -0.878. The quantitative estimate of drug-likeness (QED) is 0.327. The Labute approximate surface area is 204 Å². The molecule has 4 rings (SSSR count). The van der Waals surface area contributed by atoms with Crippen LogP contribution in [0.15, 0.2) is 60.7 Å². The number of ether oxygens (including phenoxy) is 1. The first-order valence-electron chi connectivity index (χ1n) is 11.8. The molecule has 1 heterocycles. The van der Waals surface area contributed by atoms with Crippen LogP contribution in [0.5, 0.6) is 0 Å². The molecule has 1 unspecified atom stereocenters. The zero-order valence-corrected chi connectivity index (χ0v) is 20.0. The number of amides is 2. The molecule has 3 N–H and O–H groups in total. The van der Waals surface area contributed by atoms with Gasteiger partial charge in [-0.05, 0) is 62.4 Å². The molecule has 3 aromatic rings. The van der Waals surface area contributed by atoms with Crippen LogP contribution in [0.3, 0.4) is 0 Å². The molecular weight excluding hydrogens is 446 g/mol. The summed E-state index contributed by atoms with van der Waals surface area (Å²) < 4.78 is 5.58. The van der Waals surface area contributed by atoms with Crippen LogP contribution in [0.2, 0.25) is 0 Å². The maximum Gasteiger partial charge on any atom is 0.274 e. The fourth-order valence-corrected chi connectivity index (χ4v) is 5.13. The van der Waals surface area contributed by atoms with Gasteiger partial charge in [0, 0.05) is 35.6 Å². The smallest absolute Gasteiger partial charge is 0.274 e. The van der Waals surface area contributed by atoms with Crippen molar-refractivity contribution in [3.05, 3.63) is 77.5 Å². The number of methoxy groups -OCH3 is 1. The van der Waals surface area contributed by atoms with E-state index in [0.717, 1.165) is 35.0 Å². The Bertz CT molecular complexity index is 1180. The summed E-state index contributed by atoms with van der Waals surface area (Å²) in [7, 11) is 1.69. The van der Waals surface area contributed by atoms with Crippen LogP contribution in [-0.4, -0.2) is 35.2 Å². The molecule has 184 valence electrons. The lowest BCUT2D eigenvalue weighted by atomic mass is 9.65. The van der Waals surface area contributed by atoms with E-state index in [0.29, 0.717) is 18.4 Å². The Hall–Kier alpha value is -3.33. The Balaban J connectivity index is 1.78. The molecule has 1 aliphatic rings. The first kappa shape index (κ1) is 24.8. The number of carbonyl (C=O) groups excluding carboxylic acids is 2. The van der Waals surface area contributed by atoms with Gasteiger partial charge in [-0.1, -0.05) is 36.4 Å². The van der Waals surface area contributed by atoms with E-state index in [9.17, 15) is 14.8 Å². The molecule has 1 aliphatic carbocycles. The highest BCUT2D eigenvalue weighted by atomic mass is 16.7. The van der Waals surface area contributed by atoms with Gasteiger partial charge in [-0.2, -0.15) is 0 Å². The van der Waals surface area contributed by atoms with Gasteiger partial charge in [-0.3, -0.25) is 24.6 Å². The Morgan fingerprint density at radius 3 is 2.49 bits per heavy atom. The molecule has 8 heteroatoms. The Kier molecular flexibility index (Phi) is 7.75. The van der Waals surface area contributed by atoms with Crippen LogP contribution in [0.1, 0.15) is 59.8 Å². The second-order valence-corrected chi connectivity index (χ2v) is 9.17. The molecule has 0 spiro atoms. The summed E-state index contributed by atoms with van der Waals surface area (Å²) in [4.78, 5) is 36.3. The highest BCUT2D eigenvalue weighted by Crippen LogP contribution is 2.51. The topological polar surface area (TPSA) is 110 Å². The van der Waals surface area contributed by atoms with Gasteiger partial charge in [0.15, 0.2) is 0 Å². The van der Waals surface area contributed by atoms with Crippen LogP contribution < -0.4 is 11.0 Å². The molecule has 1 fully saturated rings. The van der Waals surface area contributed by atoms with Gasteiger partial charge in [0.25, 0.3) is 5.91 Å². The number of para-hydroxylation sites is 1. The number of hydroxylamine groups is 2. The molecule has 2 aromatic carbocycles. The number of carbonyl (C=O) groups is 2. The van der Waals surface area contributed by atoms with Crippen molar-refractivity contribution < 1.29 is 24.4 Å². The number of fused-ring (bicyclic) bond motifs is 1. The molecule has 0 bridgehead atoms. The summed E-state index contributed by atoms with van der Waals surface area (Å²) in [6.07, 6.45) is 2.11. The molecule has 0 radical (unpaired) electrons. The molecule has 35 heavy (non-hydrogen) atoms. The largest absolute Gasteiger partial charge is 0.381 e. The highest BCUT2D eigenvalue weighted by molar-refractivity contribution is 5.93. The zero-order valence-electron chi connectivity index (χ0n) is 20.0. The van der Waals surface area contributed by atoms with Crippen molar-refractivity contribution in [1.82, 2.24) is 15.9 Å². The summed E-state index contributed by atoms with van der Waals surface area (Å²) in [5, 5.41) is 10.3. The van der Waals surface area contributed by atoms with Gasteiger partial charge in [-0.15, -0.1) is 0 Å². The number of nitrogens with one attached hydrogen (secondary N) is 2. The summed E-state index contributed by atoms with van der Waals surface area (Å²) in [6, 6.07) is 18.5. The first-order chi connectivity index (χ1) is 17.0. The van der Waals surface area contributed by atoms with Crippen molar-refractivity contribution in [2.75, 3.05) is 7.11 Å². The summed E-state index contributed by atoms with van der Waals surface area (Å²) >= 11 is 0. The molecule has 0 saturated heterocycles. The standard InChI is InChI=1S/C27H31N3O5/c1-18-16-22(21-10-6-7-11-23(21)28-18)25(35-30-26(32)19-8-4-3-5-9-19)27(17-24(31)29-33)14-12-20(34-2)13-15-27/h3-11,16,20,25,33H,12-15,17H2,1-2H3,(H,29,31)(H,30,32). The van der Waals surface area contributed by atoms with Gasteiger partial charge in [-0.25, -0.2) is 11.0 Å². The SMILES string of the molecule is COC1CCC(CC(=O)NO)(C(ONC(=O)c2ccccc2)c2cc(C)nc3ccccc23)CC1. The predicted octanol–water partition coefficient (Wildman–Crippen LogP) is 4.42. The van der Waals surface area contributed by atoms with E-state index in [1.54, 1.807) is 36.9 Å². The van der Waals surface area contributed by atoms with Crippen molar-refractivity contribution in [1.29, 1.82) is 0 Å². The van der Waals surface area contributed by atoms with Crippen molar-refractivity contribution in [3.8, 4) is 0 Å². The molecular formula is C27H31N3O5. The normalized spacial score (nSPS) is 20.8. The number of aromatic nitrogens is 1. The molecule has 1 aromatic heterocycles. The van der Waals surface area contributed by atoms with E-state index in [-0.39, 0.29) is 18.4 Å². The monoisotopic (exact) mass is 477 g/mol. The fourth-order valence-electron chi connectivity index (χ4n) is 5.13. The lowest BCUT2D eigenvalue weighted by Crippen LogP contribution is -2.43. The lowest BCUT2D eigenvalue weighted by Gasteiger charge is -2.44. The number of aryl methyl sites for hydroxylation is 1. The first-order valence-corrected chi connectivity index (χ1v) is 11.8. The third kappa shape index (κ3) is 5.51. The third-order valence-corrected chi connectivity index (χ3v) is 6.92. The average molecular weight is 478 g/mol. The number of rotatable bonds is 8. The van der Waals surface area contributed by atoms with Gasteiger partial charge < -0.3 is 4.74 Å². The maximum absolute atomic E-state index is 12.9. The second kappa shape index (κ2) is 10.9. The van der Waals surface area contributed by atoms with Gasteiger partial charge in [0.2, 0.25) is 5.91 Å². The Morgan fingerprint density at radius 1 is 1.11 bits per heavy atom. The molecule has 8 nitrogen and oxygen atoms in total. The van der Waals surface area contributed by atoms with E-state index >= 15 is 0 Å². The number of nitrogens with zero attached hydrogens (tertiary/aromatic N) is 1. The molecule has 2 amide bonds. The summed E-state index contributed by atoms with van der Waals surface area (Å²) in [6.45, 7) is 1.91. The van der Waals surface area contributed by atoms with Crippen LogP contribution in [0, 0.1) is 12.3 Å². The predicted molar refractivity (Wildman–Crippen MR) is 130 cm³/mol. The maximum atomic E-state index is 12.9. The Morgan fingerprint density at radius 2 is 1.80 bits per heavy atom. The molecule has 1 saturated carbocycles. The van der Waals surface area contributed by atoms with E-state index in [4.69, 9.17) is 9.57 Å². The third-order valence-electron chi connectivity index (χ3n) is 6.92. The average Bonchev–Trinajstić information content (AvgIpc) is 2.89. The van der Waals surface area contributed by atoms with Crippen LogP contribution in [-0.2, 0) is 14.4 Å². The van der Waals surface area contributed by atoms with E-state index in [1.165, 1.54) is 0 Å². The number of hydrogen-bond donors (Lipinski definition) is 3. The minimum absolute atomic E-state index is 0.0293. The van der Waals surface area contributed by atoms with Crippen LogP contribution in [0.25, 0.3) is 10.9 Å². The van der Waals surface area contributed by atoms with E-state index < -0.39 is 17.4 Å². The molecule has 1 atom stereocenters. The zero-order chi connectivity index (χ0) is 24.8. The lowest BCUT2D eigenvalue weighted by molar-refractivity contribution is -0.145. The molecule has 0 aliphatic heterocycles. The van der Waals surface area contributed by atoms with Crippen molar-refractivity contribution >= 4 is 22.7 Å². The number of pyridine rings is 1.